The fraction of sp³-hybridized carbons (Fsp3) is 0.409. The maximum Gasteiger partial charge on any atom is 0.364 e. The molecule has 0 aliphatic rings. The molecule has 29 heavy (non-hydrogen) atoms. The number of carbonyl (C=O) groups excluding carboxylic acids is 3. The molecule has 0 bridgehead atoms. The zero-order valence-corrected chi connectivity index (χ0v) is 16.9. The molecule has 0 aromatic heterocycles. The van der Waals surface area contributed by atoms with Gasteiger partial charge in [0.2, 0.25) is 0 Å². The number of terminal acetylenes is 1. The Morgan fingerprint density at radius 2 is 1.62 bits per heavy atom. The summed E-state index contributed by atoms with van der Waals surface area (Å²) in [5, 5.41) is 0.403. The second-order valence-corrected chi connectivity index (χ2v) is 6.19. The van der Waals surface area contributed by atoms with Crippen molar-refractivity contribution in [2.24, 2.45) is 0 Å². The van der Waals surface area contributed by atoms with Gasteiger partial charge in [-0.3, -0.25) is 9.59 Å². The first-order valence-electron chi connectivity index (χ1n) is 9.37. The molecule has 0 fully saturated rings. The van der Waals surface area contributed by atoms with Gasteiger partial charge in [0, 0.05) is 26.3 Å². The Morgan fingerprint density at radius 3 is 2.14 bits per heavy atom. The second-order valence-electron chi connectivity index (χ2n) is 6.19. The Morgan fingerprint density at radius 1 is 1.03 bits per heavy atom. The van der Waals surface area contributed by atoms with Gasteiger partial charge < -0.3 is 14.3 Å². The van der Waals surface area contributed by atoms with E-state index in [1.807, 2.05) is 0 Å². The van der Waals surface area contributed by atoms with Crippen molar-refractivity contribution in [1.29, 1.82) is 0 Å². The standard InChI is InChI=1S/C22H27NO6/c1-5-7-9-11-13-28-21-15-19(14-20(16-21)27-12-10-8-6-2)22(26)29-23(17(3)24)18(4)25/h1,6,14-16H,2,7-13H2,3-4H3. The highest BCUT2D eigenvalue weighted by atomic mass is 16.7. The summed E-state index contributed by atoms with van der Waals surface area (Å²) in [5.41, 5.74) is 0.0948. The van der Waals surface area contributed by atoms with Crippen molar-refractivity contribution in [3.63, 3.8) is 0 Å². The molecule has 0 aliphatic heterocycles. The minimum atomic E-state index is -0.871. The van der Waals surface area contributed by atoms with Crippen LogP contribution in [0, 0.1) is 12.3 Å². The van der Waals surface area contributed by atoms with Crippen LogP contribution in [0.25, 0.3) is 0 Å². The van der Waals surface area contributed by atoms with E-state index in [1.165, 1.54) is 12.1 Å². The molecule has 0 heterocycles. The van der Waals surface area contributed by atoms with Crippen molar-refractivity contribution >= 4 is 17.8 Å². The summed E-state index contributed by atoms with van der Waals surface area (Å²) in [6.07, 6.45) is 10.8. The van der Waals surface area contributed by atoms with Crippen LogP contribution < -0.4 is 9.47 Å². The molecule has 0 saturated carbocycles. The van der Waals surface area contributed by atoms with Crippen molar-refractivity contribution < 1.29 is 28.7 Å². The van der Waals surface area contributed by atoms with Crippen LogP contribution in [-0.2, 0) is 14.4 Å². The second kappa shape index (κ2) is 13.0. The lowest BCUT2D eigenvalue weighted by atomic mass is 10.2. The molecular formula is C22H27NO6. The van der Waals surface area contributed by atoms with Gasteiger partial charge in [0.25, 0.3) is 11.8 Å². The molecule has 0 spiro atoms. The van der Waals surface area contributed by atoms with E-state index in [9.17, 15) is 14.4 Å². The number of amides is 2. The molecule has 1 rings (SSSR count). The number of hydroxylamine groups is 2. The van der Waals surface area contributed by atoms with Crippen molar-refractivity contribution in [3.8, 4) is 23.8 Å². The van der Waals surface area contributed by atoms with Crippen LogP contribution >= 0.6 is 0 Å². The summed E-state index contributed by atoms with van der Waals surface area (Å²) < 4.78 is 11.4. The van der Waals surface area contributed by atoms with E-state index in [4.69, 9.17) is 20.7 Å². The number of benzene rings is 1. The third kappa shape index (κ3) is 8.98. The smallest absolute Gasteiger partial charge is 0.364 e. The first kappa shape index (κ1) is 23.8. The van der Waals surface area contributed by atoms with Crippen molar-refractivity contribution in [2.45, 2.75) is 46.0 Å². The van der Waals surface area contributed by atoms with Crippen LogP contribution in [0.2, 0.25) is 0 Å². The van der Waals surface area contributed by atoms with Crippen LogP contribution in [0.3, 0.4) is 0 Å². The molecule has 2 amide bonds. The average Bonchev–Trinajstić information content (AvgIpc) is 2.68. The van der Waals surface area contributed by atoms with E-state index >= 15 is 0 Å². The third-order valence-electron chi connectivity index (χ3n) is 3.67. The molecule has 1 aromatic carbocycles. The van der Waals surface area contributed by atoms with Gasteiger partial charge in [-0.25, -0.2) is 4.79 Å². The van der Waals surface area contributed by atoms with Gasteiger partial charge in [0.1, 0.15) is 11.5 Å². The number of allylic oxidation sites excluding steroid dienone is 1. The van der Waals surface area contributed by atoms with Gasteiger partial charge >= 0.3 is 5.97 Å². The molecule has 0 saturated heterocycles. The number of nitrogens with zero attached hydrogens (tertiary/aromatic N) is 1. The van der Waals surface area contributed by atoms with E-state index in [1.54, 1.807) is 12.1 Å². The Kier molecular flexibility index (Phi) is 10.7. The van der Waals surface area contributed by atoms with E-state index < -0.39 is 17.8 Å². The summed E-state index contributed by atoms with van der Waals surface area (Å²) in [7, 11) is 0. The van der Waals surface area contributed by atoms with E-state index in [-0.39, 0.29) is 5.56 Å². The molecule has 7 nitrogen and oxygen atoms in total. The predicted molar refractivity (Wildman–Crippen MR) is 108 cm³/mol. The van der Waals surface area contributed by atoms with Crippen molar-refractivity contribution in [3.05, 3.63) is 36.4 Å². The van der Waals surface area contributed by atoms with Gasteiger partial charge in [0.05, 0.1) is 18.8 Å². The lowest BCUT2D eigenvalue weighted by Gasteiger charge is -2.16. The minimum absolute atomic E-state index is 0.0948. The van der Waals surface area contributed by atoms with Crippen LogP contribution in [0.5, 0.6) is 11.5 Å². The molecule has 0 aliphatic carbocycles. The van der Waals surface area contributed by atoms with Gasteiger partial charge in [-0.2, -0.15) is 0 Å². The number of carbonyl (C=O) groups is 3. The van der Waals surface area contributed by atoms with Crippen molar-refractivity contribution in [2.75, 3.05) is 13.2 Å². The zero-order chi connectivity index (χ0) is 21.6. The molecule has 0 atom stereocenters. The van der Waals surface area contributed by atoms with E-state index in [2.05, 4.69) is 12.5 Å². The van der Waals surface area contributed by atoms with Crippen LogP contribution in [0.1, 0.15) is 56.3 Å². The SMILES string of the molecule is C#CCCCCOc1cc(OCCCC=C)cc(C(=O)ON(C(C)=O)C(C)=O)c1. The monoisotopic (exact) mass is 401 g/mol. The highest BCUT2D eigenvalue weighted by molar-refractivity contribution is 5.96. The summed E-state index contributed by atoms with van der Waals surface area (Å²) in [6, 6.07) is 4.61. The largest absolute Gasteiger partial charge is 0.493 e. The first-order chi connectivity index (χ1) is 13.9. The van der Waals surface area contributed by atoms with Gasteiger partial charge in [-0.15, -0.1) is 24.0 Å². The number of ether oxygens (including phenoxy) is 2. The molecule has 7 heteroatoms. The lowest BCUT2D eigenvalue weighted by molar-refractivity contribution is -0.177. The quantitative estimate of drug-likeness (QED) is 0.243. The zero-order valence-electron chi connectivity index (χ0n) is 16.9. The highest BCUT2D eigenvalue weighted by Gasteiger charge is 2.22. The molecular weight excluding hydrogens is 374 g/mol. The minimum Gasteiger partial charge on any atom is -0.493 e. The number of rotatable bonds is 11. The first-order valence-corrected chi connectivity index (χ1v) is 9.37. The number of imide groups is 1. The summed E-state index contributed by atoms with van der Waals surface area (Å²) in [5.74, 6) is 1.12. The Hall–Kier alpha value is -3.27. The summed E-state index contributed by atoms with van der Waals surface area (Å²) in [6.45, 7) is 6.76. The summed E-state index contributed by atoms with van der Waals surface area (Å²) in [4.78, 5) is 40.3. The fourth-order valence-electron chi connectivity index (χ4n) is 2.28. The van der Waals surface area contributed by atoms with E-state index in [0.717, 1.165) is 39.5 Å². The Bertz CT molecular complexity index is 751. The molecule has 0 unspecified atom stereocenters. The Labute approximate surface area is 171 Å². The average molecular weight is 401 g/mol. The molecule has 156 valence electrons. The lowest BCUT2D eigenvalue weighted by Crippen LogP contribution is -2.35. The van der Waals surface area contributed by atoms with Crippen LogP contribution in [-0.4, -0.2) is 36.1 Å². The van der Waals surface area contributed by atoms with Gasteiger partial charge in [-0.1, -0.05) is 6.08 Å². The molecule has 0 N–H and O–H groups in total. The fourth-order valence-corrected chi connectivity index (χ4v) is 2.28. The van der Waals surface area contributed by atoms with Crippen LogP contribution in [0.15, 0.2) is 30.9 Å². The van der Waals surface area contributed by atoms with E-state index in [0.29, 0.717) is 36.2 Å². The molecule has 0 radical (unpaired) electrons. The number of hydrogen-bond acceptors (Lipinski definition) is 6. The van der Waals surface area contributed by atoms with Gasteiger partial charge in [0.15, 0.2) is 0 Å². The number of unbranched alkanes of at least 4 members (excludes halogenated alkanes) is 3. The third-order valence-corrected chi connectivity index (χ3v) is 3.67. The normalized spacial score (nSPS) is 9.83. The van der Waals surface area contributed by atoms with Crippen molar-refractivity contribution in [1.82, 2.24) is 5.06 Å². The Balaban J connectivity index is 2.94. The molecule has 1 aromatic rings. The topological polar surface area (TPSA) is 82.1 Å². The maximum absolute atomic E-state index is 12.4. The number of hydrogen-bond donors (Lipinski definition) is 0. The summed E-state index contributed by atoms with van der Waals surface area (Å²) >= 11 is 0. The highest BCUT2D eigenvalue weighted by Crippen LogP contribution is 2.24. The van der Waals surface area contributed by atoms with Gasteiger partial charge in [-0.05, 0) is 37.8 Å². The predicted octanol–water partition coefficient (Wildman–Crippen LogP) is 3.68. The van der Waals surface area contributed by atoms with Crippen LogP contribution in [0.4, 0.5) is 0 Å². The maximum atomic E-state index is 12.4.